The van der Waals surface area contributed by atoms with Gasteiger partial charge in [0.25, 0.3) is 0 Å². The van der Waals surface area contributed by atoms with Gasteiger partial charge in [-0.3, -0.25) is 9.69 Å². The largest absolute Gasteiger partial charge is 0.340 e. The predicted molar refractivity (Wildman–Crippen MR) is 96.3 cm³/mol. The van der Waals surface area contributed by atoms with Crippen molar-refractivity contribution in [3.05, 3.63) is 34.9 Å². The van der Waals surface area contributed by atoms with Crippen molar-refractivity contribution in [1.82, 2.24) is 15.1 Å². The van der Waals surface area contributed by atoms with E-state index in [2.05, 4.69) is 22.3 Å². The minimum atomic E-state index is 0. The minimum absolute atomic E-state index is 0. The first-order valence-corrected chi connectivity index (χ1v) is 8.60. The molecule has 1 N–H and O–H groups in total. The molecule has 1 atom stereocenters. The highest BCUT2D eigenvalue weighted by Gasteiger charge is 2.27. The van der Waals surface area contributed by atoms with E-state index in [1.54, 1.807) is 0 Å². The SMILES string of the molecule is Cl.O=C(CCN1CCCC1c1cccc(Cl)c1)N1CCNCC1. The lowest BCUT2D eigenvalue weighted by atomic mass is 10.0. The molecule has 23 heavy (non-hydrogen) atoms. The summed E-state index contributed by atoms with van der Waals surface area (Å²) in [6.07, 6.45) is 2.97. The van der Waals surface area contributed by atoms with E-state index < -0.39 is 0 Å². The molecule has 128 valence electrons. The molecule has 1 aromatic rings. The third kappa shape index (κ3) is 4.83. The maximum absolute atomic E-state index is 12.3. The first-order chi connectivity index (χ1) is 10.7. The molecular weight excluding hydrogens is 333 g/mol. The molecule has 2 saturated heterocycles. The molecule has 4 nitrogen and oxygen atoms in total. The third-order valence-electron chi connectivity index (χ3n) is 4.68. The summed E-state index contributed by atoms with van der Waals surface area (Å²) in [4.78, 5) is 16.7. The number of hydrogen-bond donors (Lipinski definition) is 1. The number of benzene rings is 1. The van der Waals surface area contributed by atoms with Crippen LogP contribution in [-0.2, 0) is 4.79 Å². The van der Waals surface area contributed by atoms with Gasteiger partial charge in [0.15, 0.2) is 0 Å². The van der Waals surface area contributed by atoms with Gasteiger partial charge in [-0.2, -0.15) is 0 Å². The second kappa shape index (κ2) is 8.88. The lowest BCUT2D eigenvalue weighted by molar-refractivity contribution is -0.132. The number of amides is 1. The van der Waals surface area contributed by atoms with E-state index in [4.69, 9.17) is 11.6 Å². The van der Waals surface area contributed by atoms with Gasteiger partial charge in [-0.25, -0.2) is 0 Å². The molecule has 6 heteroatoms. The third-order valence-corrected chi connectivity index (χ3v) is 4.91. The van der Waals surface area contributed by atoms with Gasteiger partial charge in [0.2, 0.25) is 5.91 Å². The number of piperazine rings is 1. The van der Waals surface area contributed by atoms with Gasteiger partial charge in [-0.15, -0.1) is 12.4 Å². The average Bonchev–Trinajstić information content (AvgIpc) is 3.02. The molecule has 3 rings (SSSR count). The molecule has 1 unspecified atom stereocenters. The van der Waals surface area contributed by atoms with Crippen LogP contribution in [0.1, 0.15) is 30.9 Å². The van der Waals surface area contributed by atoms with E-state index in [1.807, 2.05) is 17.0 Å². The van der Waals surface area contributed by atoms with Crippen LogP contribution in [-0.4, -0.2) is 55.0 Å². The van der Waals surface area contributed by atoms with Gasteiger partial charge in [-0.1, -0.05) is 23.7 Å². The number of carbonyl (C=O) groups excluding carboxylic acids is 1. The van der Waals surface area contributed by atoms with Crippen molar-refractivity contribution in [3.8, 4) is 0 Å². The van der Waals surface area contributed by atoms with Gasteiger partial charge in [-0.05, 0) is 37.1 Å². The maximum atomic E-state index is 12.3. The van der Waals surface area contributed by atoms with Crippen molar-refractivity contribution >= 4 is 29.9 Å². The Balaban J connectivity index is 0.00000192. The lowest BCUT2D eigenvalue weighted by Gasteiger charge is -2.29. The number of likely N-dealkylation sites (tertiary alicyclic amines) is 1. The normalized spacial score (nSPS) is 22.0. The second-order valence-electron chi connectivity index (χ2n) is 6.13. The predicted octanol–water partition coefficient (Wildman–Crippen LogP) is 2.72. The Bertz CT molecular complexity index is 520. The Morgan fingerprint density at radius 3 is 2.78 bits per heavy atom. The van der Waals surface area contributed by atoms with E-state index >= 15 is 0 Å². The summed E-state index contributed by atoms with van der Waals surface area (Å²) in [6, 6.07) is 8.54. The van der Waals surface area contributed by atoms with E-state index in [0.29, 0.717) is 18.4 Å². The van der Waals surface area contributed by atoms with Crippen LogP contribution in [0.15, 0.2) is 24.3 Å². The molecule has 2 heterocycles. The average molecular weight is 358 g/mol. The highest BCUT2D eigenvalue weighted by Crippen LogP contribution is 2.32. The van der Waals surface area contributed by atoms with Crippen LogP contribution in [0.4, 0.5) is 0 Å². The van der Waals surface area contributed by atoms with Gasteiger partial charge in [0.05, 0.1) is 0 Å². The zero-order valence-corrected chi connectivity index (χ0v) is 14.9. The van der Waals surface area contributed by atoms with E-state index in [-0.39, 0.29) is 12.4 Å². The highest BCUT2D eigenvalue weighted by atomic mass is 35.5. The zero-order chi connectivity index (χ0) is 15.4. The number of halogens is 2. The van der Waals surface area contributed by atoms with E-state index in [9.17, 15) is 4.79 Å². The van der Waals surface area contributed by atoms with Gasteiger partial charge in [0.1, 0.15) is 0 Å². The molecule has 1 amide bonds. The van der Waals surface area contributed by atoms with Crippen molar-refractivity contribution in [2.45, 2.75) is 25.3 Å². The fourth-order valence-electron chi connectivity index (χ4n) is 3.50. The molecule has 2 fully saturated rings. The summed E-state index contributed by atoms with van der Waals surface area (Å²) < 4.78 is 0. The Kier molecular flexibility index (Phi) is 7.15. The fraction of sp³-hybridized carbons (Fsp3) is 0.588. The Labute approximate surface area is 149 Å². The maximum Gasteiger partial charge on any atom is 0.223 e. The van der Waals surface area contributed by atoms with Crippen LogP contribution < -0.4 is 5.32 Å². The highest BCUT2D eigenvalue weighted by molar-refractivity contribution is 6.30. The zero-order valence-electron chi connectivity index (χ0n) is 13.3. The van der Waals surface area contributed by atoms with E-state index in [0.717, 1.165) is 50.7 Å². The molecule has 0 aliphatic carbocycles. The van der Waals surface area contributed by atoms with Gasteiger partial charge in [0, 0.05) is 50.2 Å². The van der Waals surface area contributed by atoms with Crippen molar-refractivity contribution < 1.29 is 4.79 Å². The Hall–Kier alpha value is -0.810. The second-order valence-corrected chi connectivity index (χ2v) is 6.57. The smallest absolute Gasteiger partial charge is 0.223 e. The molecule has 0 bridgehead atoms. The number of hydrogen-bond acceptors (Lipinski definition) is 3. The van der Waals surface area contributed by atoms with Crippen LogP contribution in [0, 0.1) is 0 Å². The quantitative estimate of drug-likeness (QED) is 0.899. The number of rotatable bonds is 4. The van der Waals surface area contributed by atoms with Crippen LogP contribution in [0.25, 0.3) is 0 Å². The summed E-state index contributed by atoms with van der Waals surface area (Å²) >= 11 is 6.11. The summed E-state index contributed by atoms with van der Waals surface area (Å²) in [7, 11) is 0. The first kappa shape index (κ1) is 18.5. The van der Waals surface area contributed by atoms with Gasteiger partial charge >= 0.3 is 0 Å². The standard InChI is InChI=1S/C17H24ClN3O.ClH/c18-15-4-1-3-14(13-15)16-5-2-9-20(16)10-6-17(22)21-11-7-19-8-12-21;/h1,3-4,13,16,19H,2,5-12H2;1H. The molecule has 2 aliphatic heterocycles. The summed E-state index contributed by atoms with van der Waals surface area (Å²) in [5.74, 6) is 0.290. The molecule has 0 spiro atoms. The number of carbonyl (C=O) groups is 1. The fourth-order valence-corrected chi connectivity index (χ4v) is 3.70. The van der Waals surface area contributed by atoms with Crippen molar-refractivity contribution in [2.75, 3.05) is 39.3 Å². The summed E-state index contributed by atoms with van der Waals surface area (Å²) in [6.45, 7) is 5.44. The topological polar surface area (TPSA) is 35.6 Å². The monoisotopic (exact) mass is 357 g/mol. The molecule has 2 aliphatic rings. The lowest BCUT2D eigenvalue weighted by Crippen LogP contribution is -2.47. The van der Waals surface area contributed by atoms with Crippen LogP contribution in [0.2, 0.25) is 5.02 Å². The summed E-state index contributed by atoms with van der Waals surface area (Å²) in [5.41, 5.74) is 1.28. The van der Waals surface area contributed by atoms with E-state index in [1.165, 1.54) is 12.0 Å². The van der Waals surface area contributed by atoms with Crippen molar-refractivity contribution in [1.29, 1.82) is 0 Å². The molecular formula is C17H25Cl2N3O. The van der Waals surface area contributed by atoms with Crippen LogP contribution >= 0.6 is 24.0 Å². The van der Waals surface area contributed by atoms with Crippen LogP contribution in [0.3, 0.4) is 0 Å². The number of nitrogens with one attached hydrogen (secondary N) is 1. The first-order valence-electron chi connectivity index (χ1n) is 8.22. The Morgan fingerprint density at radius 2 is 2.04 bits per heavy atom. The number of nitrogens with zero attached hydrogens (tertiary/aromatic N) is 2. The molecule has 0 aromatic heterocycles. The molecule has 0 radical (unpaired) electrons. The minimum Gasteiger partial charge on any atom is -0.340 e. The molecule has 1 aromatic carbocycles. The Morgan fingerprint density at radius 1 is 1.26 bits per heavy atom. The van der Waals surface area contributed by atoms with Gasteiger partial charge < -0.3 is 10.2 Å². The summed E-state index contributed by atoms with van der Waals surface area (Å²) in [5, 5.41) is 4.08. The molecule has 0 saturated carbocycles. The van der Waals surface area contributed by atoms with Crippen molar-refractivity contribution in [2.24, 2.45) is 0 Å². The van der Waals surface area contributed by atoms with Crippen molar-refractivity contribution in [3.63, 3.8) is 0 Å². The van der Waals surface area contributed by atoms with Crippen LogP contribution in [0.5, 0.6) is 0 Å².